The number of hydrogen-bond donors (Lipinski definition) is 0. The molecule has 0 amide bonds. The number of allylic oxidation sites excluding steroid dienone is 1. The lowest BCUT2D eigenvalue weighted by Gasteiger charge is -2.25. The molecule has 0 N–H and O–H groups in total. The van der Waals surface area contributed by atoms with Gasteiger partial charge in [0.25, 0.3) is 5.56 Å². The van der Waals surface area contributed by atoms with Crippen molar-refractivity contribution in [2.45, 2.75) is 26.5 Å². The van der Waals surface area contributed by atoms with Crippen molar-refractivity contribution < 1.29 is 23.7 Å². The zero-order valence-electron chi connectivity index (χ0n) is 23.9. The standard InChI is InChI=1S/C32H28Cl2N2O6S/c1-5-41-31(38)28-18(2)35-32-36(29(28)21-11-13-25(39-3)26(15-21)40-4)30(37)27(43-32)16-20-8-6-7-9-24(20)42-17-19-10-12-22(33)23(34)14-19/h6-16,29H,5,17H2,1-4H3/b27-16-/t29-/m1/s1. The zero-order valence-corrected chi connectivity index (χ0v) is 26.2. The quantitative estimate of drug-likeness (QED) is 0.219. The Morgan fingerprint density at radius 1 is 1.00 bits per heavy atom. The van der Waals surface area contributed by atoms with Gasteiger partial charge in [-0.25, -0.2) is 9.79 Å². The Kier molecular flexibility index (Phi) is 9.25. The van der Waals surface area contributed by atoms with E-state index in [-0.39, 0.29) is 24.3 Å². The first kappa shape index (κ1) is 30.4. The summed E-state index contributed by atoms with van der Waals surface area (Å²) in [6.45, 7) is 3.90. The van der Waals surface area contributed by atoms with E-state index in [1.54, 1.807) is 57.4 Å². The fraction of sp³-hybridized carbons (Fsp3) is 0.219. The molecule has 43 heavy (non-hydrogen) atoms. The minimum absolute atomic E-state index is 0.178. The Bertz CT molecular complexity index is 1910. The molecule has 0 spiro atoms. The minimum Gasteiger partial charge on any atom is -0.493 e. The number of aromatic nitrogens is 1. The average Bonchev–Trinajstić information content (AvgIpc) is 3.31. The molecule has 1 aromatic heterocycles. The average molecular weight is 640 g/mol. The predicted octanol–water partition coefficient (Wildman–Crippen LogP) is 5.70. The first-order valence-corrected chi connectivity index (χ1v) is 14.9. The molecule has 0 bridgehead atoms. The van der Waals surface area contributed by atoms with Crippen LogP contribution in [0.4, 0.5) is 0 Å². The van der Waals surface area contributed by atoms with E-state index in [0.29, 0.717) is 53.5 Å². The Labute approximate surface area is 262 Å². The van der Waals surface area contributed by atoms with Gasteiger partial charge in [0.05, 0.1) is 52.7 Å². The van der Waals surface area contributed by atoms with Crippen molar-refractivity contribution in [1.82, 2.24) is 4.57 Å². The number of benzene rings is 3. The number of halogens is 2. The molecule has 8 nitrogen and oxygen atoms in total. The van der Waals surface area contributed by atoms with Gasteiger partial charge in [-0.2, -0.15) is 0 Å². The van der Waals surface area contributed by atoms with Crippen molar-refractivity contribution in [2.75, 3.05) is 20.8 Å². The summed E-state index contributed by atoms with van der Waals surface area (Å²) in [6, 6.07) is 17.2. The molecule has 1 aliphatic rings. The molecule has 1 aliphatic heterocycles. The van der Waals surface area contributed by atoms with Crippen molar-refractivity contribution in [3.63, 3.8) is 0 Å². The highest BCUT2D eigenvalue weighted by Gasteiger charge is 2.34. The number of thiazole rings is 1. The fourth-order valence-corrected chi connectivity index (χ4v) is 6.15. The van der Waals surface area contributed by atoms with Crippen LogP contribution >= 0.6 is 34.5 Å². The van der Waals surface area contributed by atoms with Crippen LogP contribution in [0.5, 0.6) is 17.2 Å². The molecule has 0 saturated heterocycles. The number of para-hydroxylation sites is 1. The summed E-state index contributed by atoms with van der Waals surface area (Å²) in [5.74, 6) is 1.03. The van der Waals surface area contributed by atoms with Crippen LogP contribution in [0.2, 0.25) is 10.0 Å². The highest BCUT2D eigenvalue weighted by molar-refractivity contribution is 7.07. The third kappa shape index (κ3) is 6.20. The van der Waals surface area contributed by atoms with Gasteiger partial charge >= 0.3 is 5.97 Å². The lowest BCUT2D eigenvalue weighted by molar-refractivity contribution is -0.139. The van der Waals surface area contributed by atoms with E-state index in [2.05, 4.69) is 4.99 Å². The van der Waals surface area contributed by atoms with Crippen molar-refractivity contribution in [2.24, 2.45) is 4.99 Å². The number of methoxy groups -OCH3 is 2. The summed E-state index contributed by atoms with van der Waals surface area (Å²) >= 11 is 13.4. The fourth-order valence-electron chi connectivity index (χ4n) is 4.79. The van der Waals surface area contributed by atoms with Gasteiger partial charge in [0.1, 0.15) is 12.4 Å². The van der Waals surface area contributed by atoms with E-state index in [4.69, 9.17) is 42.1 Å². The van der Waals surface area contributed by atoms with E-state index in [0.717, 1.165) is 5.56 Å². The highest BCUT2D eigenvalue weighted by Crippen LogP contribution is 2.36. The molecule has 4 aromatic rings. The van der Waals surface area contributed by atoms with E-state index < -0.39 is 12.0 Å². The molecule has 222 valence electrons. The van der Waals surface area contributed by atoms with Gasteiger partial charge in [-0.05, 0) is 61.4 Å². The van der Waals surface area contributed by atoms with Crippen LogP contribution < -0.4 is 29.1 Å². The molecule has 11 heteroatoms. The van der Waals surface area contributed by atoms with Crippen LogP contribution in [0.25, 0.3) is 6.08 Å². The SMILES string of the molecule is CCOC(=O)C1=C(C)N=c2s/c(=C\c3ccccc3OCc3ccc(Cl)c(Cl)c3)c(=O)n2[C@@H]1c1ccc(OC)c(OC)c1. The molecule has 0 unspecified atom stereocenters. The second-order valence-corrected chi connectivity index (χ2v) is 11.3. The summed E-state index contributed by atoms with van der Waals surface area (Å²) in [7, 11) is 3.07. The van der Waals surface area contributed by atoms with Gasteiger partial charge in [0, 0.05) is 5.56 Å². The van der Waals surface area contributed by atoms with Crippen molar-refractivity contribution in [3.05, 3.63) is 118 Å². The Balaban J connectivity index is 1.61. The number of esters is 1. The molecule has 0 radical (unpaired) electrons. The van der Waals surface area contributed by atoms with Gasteiger partial charge in [0.15, 0.2) is 16.3 Å². The summed E-state index contributed by atoms with van der Waals surface area (Å²) in [5, 5.41) is 0.910. The molecule has 0 fully saturated rings. The first-order valence-electron chi connectivity index (χ1n) is 13.3. The number of hydrogen-bond acceptors (Lipinski definition) is 8. The number of rotatable bonds is 9. The van der Waals surface area contributed by atoms with Crippen molar-refractivity contribution in [1.29, 1.82) is 0 Å². The monoisotopic (exact) mass is 638 g/mol. The number of carbonyl (C=O) groups excluding carboxylic acids is 1. The third-order valence-corrected chi connectivity index (χ3v) is 8.55. The zero-order chi connectivity index (χ0) is 30.7. The van der Waals surface area contributed by atoms with E-state index in [1.807, 2.05) is 30.3 Å². The lowest BCUT2D eigenvalue weighted by atomic mass is 9.95. The predicted molar refractivity (Wildman–Crippen MR) is 167 cm³/mol. The van der Waals surface area contributed by atoms with Gasteiger partial charge in [0.2, 0.25) is 0 Å². The van der Waals surface area contributed by atoms with Gasteiger partial charge in [-0.15, -0.1) is 0 Å². The summed E-state index contributed by atoms with van der Waals surface area (Å²) in [5.41, 5.74) is 2.64. The van der Waals surface area contributed by atoms with Crippen molar-refractivity contribution >= 4 is 46.6 Å². The third-order valence-electron chi connectivity index (χ3n) is 6.82. The van der Waals surface area contributed by atoms with Crippen LogP contribution in [-0.4, -0.2) is 31.4 Å². The topological polar surface area (TPSA) is 88.4 Å². The summed E-state index contributed by atoms with van der Waals surface area (Å²) in [4.78, 5) is 32.4. The van der Waals surface area contributed by atoms with E-state index >= 15 is 0 Å². The first-order chi connectivity index (χ1) is 20.7. The molecular weight excluding hydrogens is 611 g/mol. The smallest absolute Gasteiger partial charge is 0.338 e. The summed E-state index contributed by atoms with van der Waals surface area (Å²) < 4.78 is 24.4. The molecule has 1 atom stereocenters. The maximum absolute atomic E-state index is 14.1. The Morgan fingerprint density at radius 3 is 2.49 bits per heavy atom. The molecular formula is C32H28Cl2N2O6S. The second kappa shape index (κ2) is 13.1. The highest BCUT2D eigenvalue weighted by atomic mass is 35.5. The van der Waals surface area contributed by atoms with Crippen LogP contribution in [0.15, 0.2) is 81.7 Å². The van der Waals surface area contributed by atoms with Crippen LogP contribution in [0.3, 0.4) is 0 Å². The largest absolute Gasteiger partial charge is 0.493 e. The molecule has 3 aromatic carbocycles. The number of ether oxygens (including phenoxy) is 4. The molecule has 0 aliphatic carbocycles. The van der Waals surface area contributed by atoms with Crippen molar-refractivity contribution in [3.8, 4) is 17.2 Å². The maximum atomic E-state index is 14.1. The van der Waals surface area contributed by atoms with Gasteiger partial charge < -0.3 is 18.9 Å². The minimum atomic E-state index is -0.793. The number of nitrogens with zero attached hydrogens (tertiary/aromatic N) is 2. The number of carbonyl (C=O) groups is 1. The normalized spacial score (nSPS) is 14.7. The van der Waals surface area contributed by atoms with E-state index in [9.17, 15) is 9.59 Å². The van der Waals surface area contributed by atoms with Crippen LogP contribution in [-0.2, 0) is 16.1 Å². The summed E-state index contributed by atoms with van der Waals surface area (Å²) in [6.07, 6.45) is 1.77. The molecule has 5 rings (SSSR count). The van der Waals surface area contributed by atoms with Gasteiger partial charge in [-0.1, -0.05) is 64.9 Å². The van der Waals surface area contributed by atoms with Gasteiger partial charge in [-0.3, -0.25) is 9.36 Å². The Hall–Kier alpha value is -4.05. The lowest BCUT2D eigenvalue weighted by Crippen LogP contribution is -2.40. The Morgan fingerprint density at radius 2 is 1.77 bits per heavy atom. The van der Waals surface area contributed by atoms with E-state index in [1.165, 1.54) is 23.0 Å². The van der Waals surface area contributed by atoms with Crippen LogP contribution in [0.1, 0.15) is 36.6 Å². The molecule has 0 saturated carbocycles. The molecule has 2 heterocycles. The maximum Gasteiger partial charge on any atom is 0.338 e. The second-order valence-electron chi connectivity index (χ2n) is 9.49. The number of fused-ring (bicyclic) bond motifs is 1. The van der Waals surface area contributed by atoms with Crippen LogP contribution in [0, 0.1) is 0 Å².